The second-order valence-corrected chi connectivity index (χ2v) is 4.14. The quantitative estimate of drug-likeness (QED) is 0.627. The molecule has 0 radical (unpaired) electrons. The number of hydrogen-bond acceptors (Lipinski definition) is 2. The smallest absolute Gasteiger partial charge is 0.123 e. The maximum atomic E-state index is 12.6. The molecule has 1 nitrogen and oxygen atoms in total. The van der Waals surface area contributed by atoms with Gasteiger partial charge in [-0.3, -0.25) is 0 Å². The van der Waals surface area contributed by atoms with Crippen molar-refractivity contribution in [1.29, 1.82) is 0 Å². The summed E-state index contributed by atoms with van der Waals surface area (Å²) in [6.45, 7) is 1.75. The van der Waals surface area contributed by atoms with Crippen molar-refractivity contribution in [3.05, 3.63) is 30.1 Å². The Morgan fingerprint density at radius 1 is 1.40 bits per heavy atom. The first-order valence-corrected chi connectivity index (χ1v) is 5.67. The Morgan fingerprint density at radius 3 is 2.67 bits per heavy atom. The number of aliphatic hydroxyl groups excluding tert-OH is 1. The Hall–Kier alpha value is -0.980. The van der Waals surface area contributed by atoms with Gasteiger partial charge in [0.15, 0.2) is 0 Å². The van der Waals surface area contributed by atoms with Gasteiger partial charge < -0.3 is 5.11 Å². The maximum absolute atomic E-state index is 12.6. The van der Waals surface area contributed by atoms with Gasteiger partial charge in [0.25, 0.3) is 0 Å². The number of halogens is 1. The fraction of sp³-hybridized carbons (Fsp3) is 0.333. The standard InChI is InChI=1S/C12H13FOS/c1-2-3-4-11(14)9-15-12-7-5-10(13)6-8-12/h5-8,11,14H,4,9H2,1H3. The predicted octanol–water partition coefficient (Wildman–Crippen LogP) is 2.69. The van der Waals surface area contributed by atoms with Crippen molar-refractivity contribution in [2.45, 2.75) is 24.3 Å². The maximum Gasteiger partial charge on any atom is 0.123 e. The normalized spacial score (nSPS) is 11.7. The summed E-state index contributed by atoms with van der Waals surface area (Å²) in [6.07, 6.45) is 0.0672. The van der Waals surface area contributed by atoms with Gasteiger partial charge in [0.1, 0.15) is 5.82 Å². The minimum atomic E-state index is -0.424. The number of benzene rings is 1. The van der Waals surface area contributed by atoms with Crippen LogP contribution in [0.25, 0.3) is 0 Å². The molecule has 80 valence electrons. The molecule has 0 saturated carbocycles. The Bertz CT molecular complexity index is 350. The van der Waals surface area contributed by atoms with E-state index in [1.807, 2.05) is 0 Å². The molecule has 0 spiro atoms. The van der Waals surface area contributed by atoms with Gasteiger partial charge in [0.05, 0.1) is 6.10 Å². The fourth-order valence-corrected chi connectivity index (χ4v) is 1.83. The highest BCUT2D eigenvalue weighted by Gasteiger charge is 2.03. The molecule has 0 heterocycles. The van der Waals surface area contributed by atoms with Crippen molar-refractivity contribution >= 4 is 11.8 Å². The average molecular weight is 224 g/mol. The molecule has 0 aliphatic carbocycles. The third-order valence-corrected chi connectivity index (χ3v) is 2.93. The molecule has 0 aliphatic heterocycles. The molecule has 1 unspecified atom stereocenters. The Kier molecular flexibility index (Phi) is 5.23. The molecule has 1 aromatic carbocycles. The summed E-state index contributed by atoms with van der Waals surface area (Å²) in [7, 11) is 0. The number of thioether (sulfide) groups is 1. The third-order valence-electron chi connectivity index (χ3n) is 1.77. The van der Waals surface area contributed by atoms with Crippen LogP contribution < -0.4 is 0 Å². The molecule has 0 fully saturated rings. The lowest BCUT2D eigenvalue weighted by molar-refractivity contribution is 0.205. The zero-order valence-electron chi connectivity index (χ0n) is 8.53. The van der Waals surface area contributed by atoms with E-state index in [4.69, 9.17) is 0 Å². The highest BCUT2D eigenvalue weighted by molar-refractivity contribution is 7.99. The lowest BCUT2D eigenvalue weighted by atomic mass is 10.3. The molecule has 1 aromatic rings. The highest BCUT2D eigenvalue weighted by atomic mass is 32.2. The molecule has 0 saturated heterocycles. The second kappa shape index (κ2) is 6.49. The lowest BCUT2D eigenvalue weighted by Crippen LogP contribution is -2.08. The minimum Gasteiger partial charge on any atom is -0.391 e. The van der Waals surface area contributed by atoms with E-state index < -0.39 is 6.10 Å². The van der Waals surface area contributed by atoms with Gasteiger partial charge in [-0.2, -0.15) is 0 Å². The topological polar surface area (TPSA) is 20.2 Å². The molecule has 0 amide bonds. The van der Waals surface area contributed by atoms with Crippen LogP contribution in [0.4, 0.5) is 4.39 Å². The number of rotatable bonds is 4. The zero-order chi connectivity index (χ0) is 11.1. The van der Waals surface area contributed by atoms with Crippen LogP contribution in [0, 0.1) is 17.7 Å². The molecule has 1 N–H and O–H groups in total. The van der Waals surface area contributed by atoms with E-state index in [9.17, 15) is 9.50 Å². The lowest BCUT2D eigenvalue weighted by Gasteiger charge is -2.06. The van der Waals surface area contributed by atoms with Gasteiger partial charge in [-0.05, 0) is 31.2 Å². The molecule has 1 rings (SSSR count). The van der Waals surface area contributed by atoms with E-state index in [2.05, 4.69) is 11.8 Å². The average Bonchev–Trinajstić information content (AvgIpc) is 2.25. The molecule has 15 heavy (non-hydrogen) atoms. The van der Waals surface area contributed by atoms with Crippen LogP contribution in [0.1, 0.15) is 13.3 Å². The van der Waals surface area contributed by atoms with E-state index in [1.54, 1.807) is 19.1 Å². The monoisotopic (exact) mass is 224 g/mol. The van der Waals surface area contributed by atoms with Crippen LogP contribution in [-0.2, 0) is 0 Å². The first-order valence-electron chi connectivity index (χ1n) is 4.68. The number of hydrogen-bond donors (Lipinski definition) is 1. The summed E-state index contributed by atoms with van der Waals surface area (Å²) >= 11 is 1.50. The van der Waals surface area contributed by atoms with E-state index >= 15 is 0 Å². The van der Waals surface area contributed by atoms with Crippen LogP contribution in [0.15, 0.2) is 29.2 Å². The fourth-order valence-electron chi connectivity index (χ4n) is 1.00. The Labute approximate surface area is 93.7 Å². The molecule has 0 aliphatic rings. The zero-order valence-corrected chi connectivity index (χ0v) is 9.35. The summed E-state index contributed by atoms with van der Waals surface area (Å²) in [5, 5.41) is 9.50. The first-order chi connectivity index (χ1) is 7.22. The van der Waals surface area contributed by atoms with Gasteiger partial charge >= 0.3 is 0 Å². The minimum absolute atomic E-state index is 0.239. The Morgan fingerprint density at radius 2 is 2.07 bits per heavy atom. The second-order valence-electron chi connectivity index (χ2n) is 3.05. The molecule has 1 atom stereocenters. The molecule has 0 aromatic heterocycles. The summed E-state index contributed by atoms with van der Waals surface area (Å²) in [4.78, 5) is 0.958. The van der Waals surface area contributed by atoms with Crippen molar-refractivity contribution in [1.82, 2.24) is 0 Å². The van der Waals surface area contributed by atoms with E-state index in [0.717, 1.165) is 4.90 Å². The molecular formula is C12H13FOS. The van der Waals surface area contributed by atoms with E-state index in [0.29, 0.717) is 12.2 Å². The first kappa shape index (κ1) is 12.1. The van der Waals surface area contributed by atoms with Crippen LogP contribution in [-0.4, -0.2) is 17.0 Å². The largest absolute Gasteiger partial charge is 0.391 e. The van der Waals surface area contributed by atoms with Crippen molar-refractivity contribution in [3.8, 4) is 11.8 Å². The third kappa shape index (κ3) is 4.87. The van der Waals surface area contributed by atoms with Gasteiger partial charge in [0.2, 0.25) is 0 Å². The van der Waals surface area contributed by atoms with Crippen LogP contribution in [0.3, 0.4) is 0 Å². The van der Waals surface area contributed by atoms with Gasteiger partial charge in [0, 0.05) is 17.1 Å². The summed E-state index contributed by atoms with van der Waals surface area (Å²) in [5.74, 6) is 5.90. The van der Waals surface area contributed by atoms with Crippen LogP contribution >= 0.6 is 11.8 Å². The van der Waals surface area contributed by atoms with Crippen LogP contribution in [0.5, 0.6) is 0 Å². The van der Waals surface area contributed by atoms with Crippen molar-refractivity contribution in [2.75, 3.05) is 5.75 Å². The predicted molar refractivity (Wildman–Crippen MR) is 61.2 cm³/mol. The van der Waals surface area contributed by atoms with Crippen LogP contribution in [0.2, 0.25) is 0 Å². The molecule has 0 bridgehead atoms. The van der Waals surface area contributed by atoms with E-state index in [-0.39, 0.29) is 5.82 Å². The van der Waals surface area contributed by atoms with Crippen molar-refractivity contribution in [2.24, 2.45) is 0 Å². The van der Waals surface area contributed by atoms with E-state index in [1.165, 1.54) is 23.9 Å². The number of aliphatic hydroxyl groups is 1. The van der Waals surface area contributed by atoms with Gasteiger partial charge in [-0.25, -0.2) is 4.39 Å². The molecular weight excluding hydrogens is 211 g/mol. The van der Waals surface area contributed by atoms with Crippen molar-refractivity contribution in [3.63, 3.8) is 0 Å². The summed E-state index contributed by atoms with van der Waals surface area (Å²) in [5.41, 5.74) is 0. The molecule has 3 heteroatoms. The van der Waals surface area contributed by atoms with Crippen molar-refractivity contribution < 1.29 is 9.50 Å². The highest BCUT2D eigenvalue weighted by Crippen LogP contribution is 2.19. The summed E-state index contributed by atoms with van der Waals surface area (Å²) < 4.78 is 12.6. The SMILES string of the molecule is CC#CCC(O)CSc1ccc(F)cc1. The van der Waals surface area contributed by atoms with Gasteiger partial charge in [-0.15, -0.1) is 23.6 Å². The van der Waals surface area contributed by atoms with Gasteiger partial charge in [-0.1, -0.05) is 0 Å². The summed E-state index contributed by atoms with van der Waals surface area (Å²) in [6, 6.07) is 6.25. The Balaban J connectivity index is 2.35.